The first-order chi connectivity index (χ1) is 9.68. The summed E-state index contributed by atoms with van der Waals surface area (Å²) < 4.78 is 0. The number of carbonyl (C=O) groups is 1. The number of anilines is 1. The zero-order valence-corrected chi connectivity index (χ0v) is 11.6. The number of para-hydroxylation sites is 2. The Morgan fingerprint density at radius 2 is 1.65 bits per heavy atom. The Kier molecular flexibility index (Phi) is 3.11. The fraction of sp³-hybridized carbons (Fsp3) is 0.176. The van der Waals surface area contributed by atoms with Gasteiger partial charge in [-0.2, -0.15) is 0 Å². The smallest absolute Gasteiger partial charge is 0.235 e. The molecule has 0 radical (unpaired) electrons. The molecule has 3 nitrogen and oxygen atoms in total. The minimum atomic E-state index is -0.255. The lowest BCUT2D eigenvalue weighted by atomic mass is 9.97. The van der Waals surface area contributed by atoms with Crippen molar-refractivity contribution in [2.45, 2.75) is 6.92 Å². The first-order valence-corrected chi connectivity index (χ1v) is 6.69. The van der Waals surface area contributed by atoms with E-state index in [1.165, 1.54) is 0 Å². The molecule has 0 fully saturated rings. The van der Waals surface area contributed by atoms with Gasteiger partial charge in [0, 0.05) is 7.05 Å². The highest BCUT2D eigenvalue weighted by molar-refractivity contribution is 6.19. The van der Waals surface area contributed by atoms with Crippen LogP contribution in [0.2, 0.25) is 0 Å². The monoisotopic (exact) mass is 264 g/mol. The summed E-state index contributed by atoms with van der Waals surface area (Å²) in [7, 11) is 1.81. The van der Waals surface area contributed by atoms with E-state index in [4.69, 9.17) is 4.99 Å². The molecule has 1 aliphatic rings. The third-order valence-corrected chi connectivity index (χ3v) is 3.66. The van der Waals surface area contributed by atoms with E-state index in [9.17, 15) is 4.79 Å². The molecule has 0 spiro atoms. The second kappa shape index (κ2) is 4.93. The van der Waals surface area contributed by atoms with E-state index in [0.29, 0.717) is 0 Å². The SMILES string of the molecule is CC1C(=O)N(C)c2ccccc2N=C1c1ccccc1. The summed E-state index contributed by atoms with van der Waals surface area (Å²) in [5, 5.41) is 0. The van der Waals surface area contributed by atoms with Gasteiger partial charge in [-0.25, -0.2) is 4.99 Å². The third-order valence-electron chi connectivity index (χ3n) is 3.66. The molecule has 0 aromatic heterocycles. The molecule has 2 aromatic rings. The fourth-order valence-electron chi connectivity index (χ4n) is 2.52. The quantitative estimate of drug-likeness (QED) is 0.776. The van der Waals surface area contributed by atoms with Crippen LogP contribution in [0, 0.1) is 5.92 Å². The van der Waals surface area contributed by atoms with Crippen molar-refractivity contribution in [2.75, 3.05) is 11.9 Å². The zero-order valence-electron chi connectivity index (χ0n) is 11.6. The van der Waals surface area contributed by atoms with E-state index in [1.54, 1.807) is 11.9 Å². The Hall–Kier alpha value is -2.42. The van der Waals surface area contributed by atoms with Crippen LogP contribution in [0.25, 0.3) is 0 Å². The van der Waals surface area contributed by atoms with Gasteiger partial charge in [0.1, 0.15) is 0 Å². The van der Waals surface area contributed by atoms with Crippen molar-refractivity contribution in [3.63, 3.8) is 0 Å². The maximum Gasteiger partial charge on any atom is 0.235 e. The van der Waals surface area contributed by atoms with E-state index < -0.39 is 0 Å². The number of amides is 1. The molecular weight excluding hydrogens is 248 g/mol. The number of hydrogen-bond donors (Lipinski definition) is 0. The van der Waals surface area contributed by atoms with E-state index in [0.717, 1.165) is 22.6 Å². The Balaban J connectivity index is 2.20. The van der Waals surface area contributed by atoms with Gasteiger partial charge in [0.2, 0.25) is 5.91 Å². The van der Waals surface area contributed by atoms with Crippen LogP contribution in [0.15, 0.2) is 59.6 Å². The van der Waals surface area contributed by atoms with Crippen molar-refractivity contribution < 1.29 is 4.79 Å². The number of aliphatic imine (C=N–C) groups is 1. The van der Waals surface area contributed by atoms with Gasteiger partial charge in [0.25, 0.3) is 0 Å². The lowest BCUT2D eigenvalue weighted by molar-refractivity contribution is -0.119. The topological polar surface area (TPSA) is 32.7 Å². The highest BCUT2D eigenvalue weighted by Crippen LogP contribution is 2.33. The highest BCUT2D eigenvalue weighted by atomic mass is 16.2. The second-order valence-electron chi connectivity index (χ2n) is 4.97. The summed E-state index contributed by atoms with van der Waals surface area (Å²) in [5.41, 5.74) is 3.52. The maximum atomic E-state index is 12.5. The van der Waals surface area contributed by atoms with Gasteiger partial charge in [-0.1, -0.05) is 42.5 Å². The number of benzene rings is 2. The molecule has 0 bridgehead atoms. The van der Waals surface area contributed by atoms with Crippen LogP contribution in [0.1, 0.15) is 12.5 Å². The summed E-state index contributed by atoms with van der Waals surface area (Å²) in [5.74, 6) is -0.188. The minimum absolute atomic E-state index is 0.0672. The normalized spacial score (nSPS) is 18.3. The first kappa shape index (κ1) is 12.6. The molecule has 2 aromatic carbocycles. The van der Waals surface area contributed by atoms with Gasteiger partial charge in [-0.15, -0.1) is 0 Å². The lowest BCUT2D eigenvalue weighted by Gasteiger charge is -2.19. The van der Waals surface area contributed by atoms with Crippen molar-refractivity contribution in [2.24, 2.45) is 10.9 Å². The number of hydrogen-bond acceptors (Lipinski definition) is 2. The summed E-state index contributed by atoms with van der Waals surface area (Å²) in [6.07, 6.45) is 0. The minimum Gasteiger partial charge on any atom is -0.313 e. The van der Waals surface area contributed by atoms with Gasteiger partial charge in [-0.05, 0) is 24.6 Å². The average molecular weight is 264 g/mol. The molecule has 100 valence electrons. The van der Waals surface area contributed by atoms with E-state index in [1.807, 2.05) is 61.5 Å². The molecule has 20 heavy (non-hydrogen) atoms. The van der Waals surface area contributed by atoms with E-state index >= 15 is 0 Å². The summed E-state index contributed by atoms with van der Waals surface area (Å²) in [4.78, 5) is 19.0. The Morgan fingerprint density at radius 1 is 1.00 bits per heavy atom. The zero-order chi connectivity index (χ0) is 14.1. The molecule has 0 aliphatic carbocycles. The Bertz CT molecular complexity index is 676. The summed E-state index contributed by atoms with van der Waals surface area (Å²) in [6, 6.07) is 17.6. The molecule has 1 amide bonds. The fourth-order valence-corrected chi connectivity index (χ4v) is 2.52. The van der Waals surface area contributed by atoms with Crippen LogP contribution >= 0.6 is 0 Å². The standard InChI is InChI=1S/C17H16N2O/c1-12-16(13-8-4-3-5-9-13)18-14-10-6-7-11-15(14)19(2)17(12)20/h3-12H,1-2H3. The molecule has 1 heterocycles. The van der Waals surface area contributed by atoms with Gasteiger partial charge < -0.3 is 4.90 Å². The van der Waals surface area contributed by atoms with E-state index in [2.05, 4.69) is 0 Å². The van der Waals surface area contributed by atoms with Crippen molar-refractivity contribution in [3.05, 3.63) is 60.2 Å². The number of rotatable bonds is 1. The Morgan fingerprint density at radius 3 is 2.40 bits per heavy atom. The lowest BCUT2D eigenvalue weighted by Crippen LogP contribution is -2.34. The predicted molar refractivity (Wildman–Crippen MR) is 81.7 cm³/mol. The average Bonchev–Trinajstić information content (AvgIpc) is 2.60. The maximum absolute atomic E-state index is 12.5. The Labute approximate surface area is 118 Å². The van der Waals surface area contributed by atoms with Gasteiger partial charge in [-0.3, -0.25) is 4.79 Å². The van der Waals surface area contributed by atoms with Crippen molar-refractivity contribution in [1.82, 2.24) is 0 Å². The molecule has 0 N–H and O–H groups in total. The number of fused-ring (bicyclic) bond motifs is 1. The van der Waals surface area contributed by atoms with Crippen LogP contribution in [-0.4, -0.2) is 18.7 Å². The second-order valence-corrected chi connectivity index (χ2v) is 4.97. The number of nitrogens with zero attached hydrogens (tertiary/aromatic N) is 2. The van der Waals surface area contributed by atoms with E-state index in [-0.39, 0.29) is 11.8 Å². The number of carbonyl (C=O) groups excluding carboxylic acids is 1. The van der Waals surface area contributed by atoms with Crippen LogP contribution in [0.3, 0.4) is 0 Å². The van der Waals surface area contributed by atoms with Crippen LogP contribution in [0.4, 0.5) is 11.4 Å². The summed E-state index contributed by atoms with van der Waals surface area (Å²) in [6.45, 7) is 1.91. The van der Waals surface area contributed by atoms with Crippen LogP contribution < -0.4 is 4.90 Å². The molecule has 0 saturated heterocycles. The van der Waals surface area contributed by atoms with Gasteiger partial charge in [0.05, 0.1) is 23.0 Å². The van der Waals surface area contributed by atoms with Crippen molar-refractivity contribution in [1.29, 1.82) is 0 Å². The molecular formula is C17H16N2O. The molecule has 1 aliphatic heterocycles. The molecule has 3 rings (SSSR count). The molecule has 1 atom stereocenters. The van der Waals surface area contributed by atoms with Crippen LogP contribution in [0.5, 0.6) is 0 Å². The molecule has 3 heteroatoms. The molecule has 1 unspecified atom stereocenters. The third kappa shape index (κ3) is 2.01. The van der Waals surface area contributed by atoms with Gasteiger partial charge >= 0.3 is 0 Å². The largest absolute Gasteiger partial charge is 0.313 e. The molecule has 0 saturated carbocycles. The van der Waals surface area contributed by atoms with Crippen molar-refractivity contribution >= 4 is 23.0 Å². The van der Waals surface area contributed by atoms with Crippen LogP contribution in [-0.2, 0) is 4.79 Å². The van der Waals surface area contributed by atoms with Crippen molar-refractivity contribution in [3.8, 4) is 0 Å². The first-order valence-electron chi connectivity index (χ1n) is 6.69. The highest BCUT2D eigenvalue weighted by Gasteiger charge is 2.28. The van der Waals surface area contributed by atoms with Gasteiger partial charge in [0.15, 0.2) is 0 Å². The predicted octanol–water partition coefficient (Wildman–Crippen LogP) is 3.42. The summed E-state index contributed by atoms with van der Waals surface area (Å²) >= 11 is 0.